The fourth-order valence-corrected chi connectivity index (χ4v) is 4.01. The molecule has 1 saturated heterocycles. The number of halogens is 2. The Morgan fingerprint density at radius 2 is 2.06 bits per heavy atom. The summed E-state index contributed by atoms with van der Waals surface area (Å²) in [5.41, 5.74) is 4.57. The number of pyridine rings is 2. The number of likely N-dealkylation sites (tertiary alicyclic amines) is 1. The molecule has 1 unspecified atom stereocenters. The van der Waals surface area contributed by atoms with Crippen LogP contribution in [0.5, 0.6) is 0 Å². The average molecular weight is 475 g/mol. The maximum Gasteiger partial charge on any atom is 0.268 e. The molecular formula is C26H23F2N5O2. The van der Waals surface area contributed by atoms with Crippen molar-refractivity contribution in [3.63, 3.8) is 0 Å². The van der Waals surface area contributed by atoms with Crippen LogP contribution in [-0.4, -0.2) is 51.7 Å². The van der Waals surface area contributed by atoms with Crippen LogP contribution < -0.4 is 5.32 Å². The third-order valence-corrected chi connectivity index (χ3v) is 5.88. The van der Waals surface area contributed by atoms with Gasteiger partial charge in [0.05, 0.1) is 35.9 Å². The number of nitriles is 1. The van der Waals surface area contributed by atoms with E-state index >= 15 is 0 Å². The van der Waals surface area contributed by atoms with Gasteiger partial charge in [-0.1, -0.05) is 12.1 Å². The topological polar surface area (TPSA) is 99.0 Å². The first kappa shape index (κ1) is 24.0. The molecule has 1 aliphatic rings. The minimum atomic E-state index is -3.11. The monoisotopic (exact) mass is 475 g/mol. The summed E-state index contributed by atoms with van der Waals surface area (Å²) >= 11 is 0. The van der Waals surface area contributed by atoms with Gasteiger partial charge < -0.3 is 10.2 Å². The highest BCUT2D eigenvalue weighted by atomic mass is 19.3. The molecule has 0 bridgehead atoms. The number of alkyl halides is 2. The molecule has 1 N–H and O–H groups in total. The molecule has 3 aromatic rings. The van der Waals surface area contributed by atoms with Crippen molar-refractivity contribution in [1.29, 1.82) is 5.26 Å². The van der Waals surface area contributed by atoms with Gasteiger partial charge in [-0.2, -0.15) is 5.26 Å². The highest BCUT2D eigenvalue weighted by Crippen LogP contribution is 2.31. The zero-order chi connectivity index (χ0) is 25.2. The molecule has 2 amide bonds. The van der Waals surface area contributed by atoms with E-state index in [1.54, 1.807) is 18.3 Å². The van der Waals surface area contributed by atoms with Crippen LogP contribution in [0.1, 0.15) is 40.5 Å². The van der Waals surface area contributed by atoms with Crippen LogP contribution in [0.25, 0.3) is 22.6 Å². The predicted molar refractivity (Wildman–Crippen MR) is 127 cm³/mol. The lowest BCUT2D eigenvalue weighted by atomic mass is 10.0. The summed E-state index contributed by atoms with van der Waals surface area (Å²) < 4.78 is 27.3. The van der Waals surface area contributed by atoms with E-state index in [2.05, 4.69) is 15.3 Å². The van der Waals surface area contributed by atoms with Crippen molar-refractivity contribution in [3.05, 3.63) is 71.2 Å². The summed E-state index contributed by atoms with van der Waals surface area (Å²) in [6.07, 6.45) is 4.51. The predicted octanol–water partition coefficient (Wildman–Crippen LogP) is 3.99. The maximum absolute atomic E-state index is 13.6. The number of amides is 2. The second kappa shape index (κ2) is 9.58. The number of hydrogen-bond acceptors (Lipinski definition) is 5. The number of rotatable bonds is 5. The molecule has 178 valence electrons. The van der Waals surface area contributed by atoms with Gasteiger partial charge in [0, 0.05) is 24.2 Å². The zero-order valence-electron chi connectivity index (χ0n) is 19.3. The van der Waals surface area contributed by atoms with Gasteiger partial charge in [-0.15, -0.1) is 0 Å². The Hall–Kier alpha value is -4.19. The molecule has 1 aromatic carbocycles. The van der Waals surface area contributed by atoms with Crippen molar-refractivity contribution in [1.82, 2.24) is 20.2 Å². The van der Waals surface area contributed by atoms with Gasteiger partial charge in [-0.25, -0.2) is 8.78 Å². The molecule has 0 saturated carbocycles. The van der Waals surface area contributed by atoms with Crippen molar-refractivity contribution in [3.8, 4) is 6.07 Å². The molecule has 1 aliphatic heterocycles. The second-order valence-electron chi connectivity index (χ2n) is 8.59. The van der Waals surface area contributed by atoms with E-state index in [0.29, 0.717) is 16.5 Å². The van der Waals surface area contributed by atoms with Crippen LogP contribution in [0.3, 0.4) is 0 Å². The molecule has 0 radical (unpaired) electrons. The molecule has 0 aliphatic carbocycles. The van der Waals surface area contributed by atoms with Gasteiger partial charge in [0.15, 0.2) is 0 Å². The quantitative estimate of drug-likeness (QED) is 0.602. The third kappa shape index (κ3) is 5.32. The molecular weight excluding hydrogens is 452 g/mol. The molecule has 2 aromatic heterocycles. The first-order valence-corrected chi connectivity index (χ1v) is 11.0. The summed E-state index contributed by atoms with van der Waals surface area (Å²) in [6, 6.07) is 11.5. The Morgan fingerprint density at radius 1 is 1.26 bits per heavy atom. The fourth-order valence-electron chi connectivity index (χ4n) is 4.01. The number of allylic oxidation sites excluding steroid dienone is 1. The van der Waals surface area contributed by atoms with Crippen LogP contribution in [0, 0.1) is 18.3 Å². The van der Waals surface area contributed by atoms with Crippen LogP contribution in [0.4, 0.5) is 8.78 Å². The highest BCUT2D eigenvalue weighted by Gasteiger charge is 2.47. The molecule has 1 fully saturated rings. The smallest absolute Gasteiger partial charge is 0.268 e. The van der Waals surface area contributed by atoms with Crippen LogP contribution in [0.15, 0.2) is 48.8 Å². The van der Waals surface area contributed by atoms with Gasteiger partial charge >= 0.3 is 0 Å². The Labute approximate surface area is 201 Å². The number of nitrogens with zero attached hydrogens (tertiary/aromatic N) is 4. The molecule has 4 rings (SSSR count). The van der Waals surface area contributed by atoms with E-state index < -0.39 is 43.3 Å². The number of aryl methyl sites for hydroxylation is 1. The van der Waals surface area contributed by atoms with E-state index in [-0.39, 0.29) is 0 Å². The SMILES string of the molecule is CC(=Cc1ccc(C)cn1)c1ccc2nccc(C(=O)NCC(=O)N3CC(F)(F)CC3C#N)c2c1. The number of fused-ring (bicyclic) bond motifs is 1. The van der Waals surface area contributed by atoms with E-state index in [4.69, 9.17) is 5.26 Å². The average Bonchev–Trinajstić information content (AvgIpc) is 3.17. The Balaban J connectivity index is 1.54. The Bertz CT molecular complexity index is 1360. The van der Waals surface area contributed by atoms with Crippen LogP contribution >= 0.6 is 0 Å². The van der Waals surface area contributed by atoms with Gasteiger partial charge in [0.2, 0.25) is 5.91 Å². The van der Waals surface area contributed by atoms with Crippen LogP contribution in [-0.2, 0) is 4.79 Å². The summed E-state index contributed by atoms with van der Waals surface area (Å²) in [7, 11) is 0. The van der Waals surface area contributed by atoms with E-state index in [1.807, 2.05) is 44.2 Å². The fraction of sp³-hybridized carbons (Fsp3) is 0.269. The first-order valence-electron chi connectivity index (χ1n) is 11.0. The number of hydrogen-bond donors (Lipinski definition) is 1. The van der Waals surface area contributed by atoms with Gasteiger partial charge in [0.1, 0.15) is 6.04 Å². The van der Waals surface area contributed by atoms with Gasteiger partial charge in [-0.05, 0) is 60.9 Å². The Morgan fingerprint density at radius 3 is 2.77 bits per heavy atom. The number of carbonyl (C=O) groups is 2. The number of benzene rings is 1. The largest absolute Gasteiger partial charge is 0.343 e. The van der Waals surface area contributed by atoms with Crippen molar-refractivity contribution in [2.24, 2.45) is 0 Å². The molecule has 3 heterocycles. The lowest BCUT2D eigenvalue weighted by molar-refractivity contribution is -0.131. The molecule has 35 heavy (non-hydrogen) atoms. The lowest BCUT2D eigenvalue weighted by Crippen LogP contribution is -2.43. The van der Waals surface area contributed by atoms with Gasteiger partial charge in [-0.3, -0.25) is 19.6 Å². The van der Waals surface area contributed by atoms with Crippen molar-refractivity contribution in [2.75, 3.05) is 13.1 Å². The summed E-state index contributed by atoms with van der Waals surface area (Å²) in [4.78, 5) is 34.9. The summed E-state index contributed by atoms with van der Waals surface area (Å²) in [5.74, 6) is -4.38. The number of aromatic nitrogens is 2. The first-order chi connectivity index (χ1) is 16.7. The van der Waals surface area contributed by atoms with E-state index in [9.17, 15) is 18.4 Å². The molecule has 9 heteroatoms. The number of nitrogens with one attached hydrogen (secondary N) is 1. The minimum Gasteiger partial charge on any atom is -0.343 e. The molecule has 1 atom stereocenters. The van der Waals surface area contributed by atoms with Crippen molar-refractivity contribution in [2.45, 2.75) is 32.2 Å². The third-order valence-electron chi connectivity index (χ3n) is 5.88. The molecule has 0 spiro atoms. The standard InChI is InChI=1S/C26H23F2N5O2/c1-16-3-5-19(31-13-16)9-17(2)18-4-6-23-22(10-18)21(7-8-30-23)25(35)32-14-24(34)33-15-26(27,28)11-20(33)12-29/h3-10,13,20H,11,14-15H2,1-2H3,(H,32,35). The minimum absolute atomic E-state index is 0.300. The summed E-state index contributed by atoms with van der Waals surface area (Å²) in [6.45, 7) is 2.58. The van der Waals surface area contributed by atoms with Crippen LogP contribution in [0.2, 0.25) is 0 Å². The second-order valence-corrected chi connectivity index (χ2v) is 8.59. The summed E-state index contributed by atoms with van der Waals surface area (Å²) in [5, 5.41) is 12.2. The number of carbonyl (C=O) groups excluding carboxylic acids is 2. The highest BCUT2D eigenvalue weighted by molar-refractivity contribution is 6.07. The van der Waals surface area contributed by atoms with Crippen molar-refractivity contribution < 1.29 is 18.4 Å². The van der Waals surface area contributed by atoms with E-state index in [1.165, 1.54) is 12.3 Å². The maximum atomic E-state index is 13.6. The van der Waals surface area contributed by atoms with E-state index in [0.717, 1.165) is 27.3 Å². The normalized spacial score (nSPS) is 17.3. The Kier molecular flexibility index (Phi) is 6.56. The zero-order valence-corrected chi connectivity index (χ0v) is 19.3. The van der Waals surface area contributed by atoms with Crippen molar-refractivity contribution >= 4 is 34.4 Å². The lowest BCUT2D eigenvalue weighted by Gasteiger charge is -2.19. The van der Waals surface area contributed by atoms with Gasteiger partial charge in [0.25, 0.3) is 11.8 Å². The molecule has 7 nitrogen and oxygen atoms in total.